The lowest BCUT2D eigenvalue weighted by Gasteiger charge is -2.33. The van der Waals surface area contributed by atoms with Gasteiger partial charge in [0, 0.05) is 16.4 Å². The zero-order chi connectivity index (χ0) is 18.7. The molecule has 2 atom stereocenters. The topological polar surface area (TPSA) is 29.1 Å². The first-order chi connectivity index (χ1) is 12.4. The molecule has 1 saturated carbocycles. The predicted octanol–water partition coefficient (Wildman–Crippen LogP) is 5.92. The summed E-state index contributed by atoms with van der Waals surface area (Å²) in [4.78, 5) is 12.6. The minimum Gasteiger partial charge on any atom is -0.349 e. The van der Waals surface area contributed by atoms with E-state index in [9.17, 15) is 18.0 Å². The third-order valence-electron chi connectivity index (χ3n) is 4.86. The summed E-state index contributed by atoms with van der Waals surface area (Å²) in [6.45, 7) is 0. The molecule has 6 heteroatoms. The third-order valence-corrected chi connectivity index (χ3v) is 5.59. The highest BCUT2D eigenvalue weighted by molar-refractivity contribution is 9.10. The van der Waals surface area contributed by atoms with Gasteiger partial charge in [0.1, 0.15) is 0 Å². The molecule has 0 radical (unpaired) electrons. The van der Waals surface area contributed by atoms with Crippen molar-refractivity contribution in [3.8, 4) is 0 Å². The van der Waals surface area contributed by atoms with Crippen LogP contribution in [0.15, 0.2) is 53.0 Å². The molecule has 2 aromatic carbocycles. The van der Waals surface area contributed by atoms with Gasteiger partial charge < -0.3 is 5.32 Å². The minimum absolute atomic E-state index is 0.0846. The first-order valence-electron chi connectivity index (χ1n) is 8.59. The van der Waals surface area contributed by atoms with E-state index in [1.807, 2.05) is 24.3 Å². The van der Waals surface area contributed by atoms with Crippen LogP contribution in [0.2, 0.25) is 0 Å². The molecule has 2 aromatic rings. The number of carbonyl (C=O) groups excluding carboxylic acids is 1. The number of hydrogen-bond donors (Lipinski definition) is 1. The maximum Gasteiger partial charge on any atom is 0.417 e. The Kier molecular flexibility index (Phi) is 5.70. The van der Waals surface area contributed by atoms with Gasteiger partial charge in [-0.15, -0.1) is 0 Å². The Balaban J connectivity index is 1.85. The zero-order valence-electron chi connectivity index (χ0n) is 14.0. The van der Waals surface area contributed by atoms with Crippen molar-refractivity contribution < 1.29 is 18.0 Å². The maximum atomic E-state index is 13.2. The van der Waals surface area contributed by atoms with Crippen LogP contribution in [0.3, 0.4) is 0 Å². The van der Waals surface area contributed by atoms with Gasteiger partial charge in [-0.2, -0.15) is 13.2 Å². The summed E-state index contributed by atoms with van der Waals surface area (Å²) in [5.74, 6) is -0.580. The molecular formula is C20H19BrF3NO. The van der Waals surface area contributed by atoms with Gasteiger partial charge in [-0.1, -0.05) is 59.1 Å². The van der Waals surface area contributed by atoms with Crippen molar-refractivity contribution in [1.82, 2.24) is 5.32 Å². The van der Waals surface area contributed by atoms with Crippen LogP contribution in [0.5, 0.6) is 0 Å². The van der Waals surface area contributed by atoms with Gasteiger partial charge in [0.25, 0.3) is 5.91 Å². The summed E-state index contributed by atoms with van der Waals surface area (Å²) in [6.07, 6.45) is -0.910. The third kappa shape index (κ3) is 4.11. The maximum absolute atomic E-state index is 13.2. The summed E-state index contributed by atoms with van der Waals surface area (Å²) < 4.78 is 40.5. The largest absolute Gasteiger partial charge is 0.417 e. The van der Waals surface area contributed by atoms with Crippen molar-refractivity contribution in [2.75, 3.05) is 0 Å². The van der Waals surface area contributed by atoms with Crippen LogP contribution in [0.4, 0.5) is 13.2 Å². The fraction of sp³-hybridized carbons (Fsp3) is 0.350. The molecule has 26 heavy (non-hydrogen) atoms. The Morgan fingerprint density at radius 3 is 2.38 bits per heavy atom. The molecule has 0 spiro atoms. The van der Waals surface area contributed by atoms with Crippen molar-refractivity contribution in [2.45, 2.75) is 43.8 Å². The number of hydrogen-bond acceptors (Lipinski definition) is 1. The van der Waals surface area contributed by atoms with Crippen LogP contribution in [0.25, 0.3) is 0 Å². The van der Waals surface area contributed by atoms with Crippen LogP contribution >= 0.6 is 15.9 Å². The summed E-state index contributed by atoms with van der Waals surface area (Å²) in [5.41, 5.74) is -0.135. The van der Waals surface area contributed by atoms with Gasteiger partial charge >= 0.3 is 6.18 Å². The smallest absolute Gasteiger partial charge is 0.349 e. The van der Waals surface area contributed by atoms with E-state index in [-0.39, 0.29) is 17.5 Å². The molecule has 0 aromatic heterocycles. The molecule has 1 aliphatic rings. The van der Waals surface area contributed by atoms with E-state index in [1.165, 1.54) is 18.2 Å². The lowest BCUT2D eigenvalue weighted by atomic mass is 9.80. The van der Waals surface area contributed by atoms with E-state index < -0.39 is 17.6 Å². The van der Waals surface area contributed by atoms with Gasteiger partial charge in [-0.3, -0.25) is 4.79 Å². The van der Waals surface area contributed by atoms with Crippen LogP contribution < -0.4 is 5.32 Å². The first kappa shape index (κ1) is 19.0. The van der Waals surface area contributed by atoms with Crippen LogP contribution in [0, 0.1) is 0 Å². The van der Waals surface area contributed by atoms with Gasteiger partial charge in [-0.05, 0) is 36.6 Å². The lowest BCUT2D eigenvalue weighted by molar-refractivity contribution is -0.137. The van der Waals surface area contributed by atoms with E-state index in [4.69, 9.17) is 0 Å². The lowest BCUT2D eigenvalue weighted by Crippen LogP contribution is -2.41. The van der Waals surface area contributed by atoms with E-state index in [0.29, 0.717) is 0 Å². The molecule has 0 saturated heterocycles. The van der Waals surface area contributed by atoms with Gasteiger partial charge in [-0.25, -0.2) is 0 Å². The summed E-state index contributed by atoms with van der Waals surface area (Å²) in [7, 11) is 0. The number of nitrogens with one attached hydrogen (secondary N) is 1. The highest BCUT2D eigenvalue weighted by atomic mass is 79.9. The van der Waals surface area contributed by atoms with Gasteiger partial charge in [0.05, 0.1) is 11.1 Å². The second-order valence-corrected chi connectivity index (χ2v) is 7.39. The summed E-state index contributed by atoms with van der Waals surface area (Å²) in [5, 5.41) is 2.86. The van der Waals surface area contributed by atoms with Gasteiger partial charge in [0.15, 0.2) is 0 Å². The fourth-order valence-electron chi connectivity index (χ4n) is 3.63. The Bertz CT molecular complexity index is 791. The van der Waals surface area contributed by atoms with Crippen molar-refractivity contribution in [3.05, 3.63) is 69.7 Å². The Morgan fingerprint density at radius 2 is 1.65 bits per heavy atom. The van der Waals surface area contributed by atoms with Crippen LogP contribution in [-0.2, 0) is 6.18 Å². The molecule has 3 rings (SSSR count). The molecular weight excluding hydrogens is 407 g/mol. The second kappa shape index (κ2) is 7.82. The molecule has 1 aliphatic carbocycles. The quantitative estimate of drug-likeness (QED) is 0.648. The molecule has 1 fully saturated rings. The number of benzene rings is 2. The molecule has 0 bridgehead atoms. The number of rotatable bonds is 3. The van der Waals surface area contributed by atoms with Gasteiger partial charge in [0.2, 0.25) is 0 Å². The minimum atomic E-state index is -4.55. The molecule has 2 nitrogen and oxygen atoms in total. The monoisotopic (exact) mass is 425 g/mol. The predicted molar refractivity (Wildman–Crippen MR) is 98.0 cm³/mol. The molecule has 1 N–H and O–H groups in total. The van der Waals surface area contributed by atoms with Crippen LogP contribution in [-0.4, -0.2) is 11.9 Å². The van der Waals surface area contributed by atoms with Crippen molar-refractivity contribution in [3.63, 3.8) is 0 Å². The van der Waals surface area contributed by atoms with E-state index in [2.05, 4.69) is 21.2 Å². The number of amides is 1. The first-order valence-corrected chi connectivity index (χ1v) is 9.38. The Hall–Kier alpha value is -1.82. The van der Waals surface area contributed by atoms with Crippen LogP contribution in [0.1, 0.15) is 53.1 Å². The molecule has 0 aliphatic heterocycles. The highest BCUT2D eigenvalue weighted by Crippen LogP contribution is 2.37. The van der Waals surface area contributed by atoms with Crippen molar-refractivity contribution >= 4 is 21.8 Å². The van der Waals surface area contributed by atoms with E-state index in [0.717, 1.165) is 41.8 Å². The average Bonchev–Trinajstić information content (AvgIpc) is 2.62. The summed E-state index contributed by atoms with van der Waals surface area (Å²) >= 11 is 3.55. The molecule has 1 amide bonds. The second-order valence-electron chi connectivity index (χ2n) is 6.54. The highest BCUT2D eigenvalue weighted by Gasteiger charge is 2.36. The molecule has 138 valence electrons. The average molecular weight is 426 g/mol. The fourth-order valence-corrected chi connectivity index (χ4v) is 4.20. The summed E-state index contributed by atoms with van der Waals surface area (Å²) in [6, 6.07) is 12.5. The molecule has 0 unspecified atom stereocenters. The SMILES string of the molecule is O=C(N[C@@H]1CCCC[C@H]1c1ccccc1Br)c1ccccc1C(F)(F)F. The Morgan fingerprint density at radius 1 is 1.00 bits per heavy atom. The normalized spacial score (nSPS) is 20.6. The Labute approximate surface area is 158 Å². The number of halogens is 4. The number of alkyl halides is 3. The standard InChI is InChI=1S/C20H19BrF3NO/c21-17-11-5-2-7-13(17)14-8-3-6-12-18(14)25-19(26)15-9-1-4-10-16(15)20(22,23)24/h1-2,4-5,7,9-11,14,18H,3,6,8,12H2,(H,25,26)/t14-,18+/m0/s1. The number of carbonyl (C=O) groups is 1. The van der Waals surface area contributed by atoms with E-state index in [1.54, 1.807) is 0 Å². The van der Waals surface area contributed by atoms with Crippen molar-refractivity contribution in [1.29, 1.82) is 0 Å². The molecule has 0 heterocycles. The van der Waals surface area contributed by atoms with E-state index >= 15 is 0 Å². The zero-order valence-corrected chi connectivity index (χ0v) is 15.6. The van der Waals surface area contributed by atoms with Crippen molar-refractivity contribution in [2.24, 2.45) is 0 Å².